The number of rotatable bonds is 2. The molecule has 82 valence electrons. The fourth-order valence-corrected chi connectivity index (χ4v) is 2.60. The number of halogens is 1. The molecule has 2 rings (SSSR count). The Morgan fingerprint density at radius 3 is 2.87 bits per heavy atom. The van der Waals surface area contributed by atoms with Crippen molar-refractivity contribution < 1.29 is 4.74 Å². The van der Waals surface area contributed by atoms with Gasteiger partial charge in [0.25, 0.3) is 0 Å². The van der Waals surface area contributed by atoms with Gasteiger partial charge >= 0.3 is 0 Å². The van der Waals surface area contributed by atoms with Crippen LogP contribution in [0.15, 0.2) is 16.6 Å². The molecule has 1 N–H and O–H groups in total. The lowest BCUT2D eigenvalue weighted by Crippen LogP contribution is -2.28. The number of hydrogen-bond donors (Lipinski definition) is 1. The highest BCUT2D eigenvalue weighted by atomic mass is 79.9. The maximum atomic E-state index is 5.71. The van der Waals surface area contributed by atoms with E-state index in [1.54, 1.807) is 0 Å². The van der Waals surface area contributed by atoms with Crippen molar-refractivity contribution in [3.63, 3.8) is 0 Å². The second kappa shape index (κ2) is 4.14. The van der Waals surface area contributed by atoms with Crippen molar-refractivity contribution in [3.05, 3.63) is 27.7 Å². The van der Waals surface area contributed by atoms with E-state index in [2.05, 4.69) is 54.2 Å². The lowest BCUT2D eigenvalue weighted by atomic mass is 10.1. The van der Waals surface area contributed by atoms with Crippen molar-refractivity contribution in [1.29, 1.82) is 0 Å². The van der Waals surface area contributed by atoms with Gasteiger partial charge in [0.2, 0.25) is 0 Å². The monoisotopic (exact) mass is 269 g/mol. The molecule has 0 aromatic heterocycles. The fraction of sp³-hybridized carbons (Fsp3) is 0.500. The number of fused-ring (bicyclic) bond motifs is 1. The molecule has 1 unspecified atom stereocenters. The molecule has 0 amide bonds. The fourth-order valence-electron chi connectivity index (χ4n) is 2.01. The van der Waals surface area contributed by atoms with Crippen LogP contribution < -0.4 is 10.1 Å². The Morgan fingerprint density at radius 1 is 1.47 bits per heavy atom. The van der Waals surface area contributed by atoms with Crippen LogP contribution in [0, 0.1) is 6.92 Å². The third-order valence-corrected chi connectivity index (χ3v) is 3.03. The zero-order valence-electron chi connectivity index (χ0n) is 9.30. The van der Waals surface area contributed by atoms with E-state index in [-0.39, 0.29) is 0 Å². The highest BCUT2D eigenvalue weighted by Gasteiger charge is 2.26. The topological polar surface area (TPSA) is 21.3 Å². The minimum absolute atomic E-state index is 0.330. The van der Waals surface area contributed by atoms with Crippen LogP contribution in [0.2, 0.25) is 0 Å². The van der Waals surface area contributed by atoms with E-state index in [0.29, 0.717) is 12.1 Å². The molecule has 1 heterocycles. The molecule has 0 saturated carbocycles. The highest BCUT2D eigenvalue weighted by Crippen LogP contribution is 2.37. The Morgan fingerprint density at radius 2 is 2.20 bits per heavy atom. The van der Waals surface area contributed by atoms with Gasteiger partial charge in [-0.1, -0.05) is 29.8 Å². The van der Waals surface area contributed by atoms with Gasteiger partial charge in [0, 0.05) is 16.1 Å². The zero-order chi connectivity index (χ0) is 11.0. The molecule has 1 aromatic rings. The number of ether oxygens (including phenoxy) is 1. The van der Waals surface area contributed by atoms with E-state index in [9.17, 15) is 0 Å². The van der Waals surface area contributed by atoms with E-state index < -0.39 is 0 Å². The molecular weight excluding hydrogens is 254 g/mol. The Bertz CT molecular complexity index is 376. The van der Waals surface area contributed by atoms with Crippen molar-refractivity contribution in [2.24, 2.45) is 0 Å². The molecule has 1 aromatic carbocycles. The van der Waals surface area contributed by atoms with Crippen molar-refractivity contribution >= 4 is 15.9 Å². The van der Waals surface area contributed by atoms with Gasteiger partial charge in [-0.15, -0.1) is 0 Å². The predicted octanol–water partition coefficient (Wildman–Crippen LogP) is 3.19. The van der Waals surface area contributed by atoms with Gasteiger partial charge in [-0.2, -0.15) is 0 Å². The summed E-state index contributed by atoms with van der Waals surface area (Å²) in [5.41, 5.74) is 2.48. The Kier molecular flexibility index (Phi) is 3.03. The Labute approximate surface area is 99.1 Å². The quantitative estimate of drug-likeness (QED) is 0.891. The first-order valence-electron chi connectivity index (χ1n) is 5.27. The molecule has 3 heteroatoms. The van der Waals surface area contributed by atoms with E-state index in [4.69, 9.17) is 4.74 Å². The maximum Gasteiger partial charge on any atom is 0.127 e. The molecule has 0 fully saturated rings. The summed E-state index contributed by atoms with van der Waals surface area (Å²) in [6.45, 7) is 7.14. The molecule has 0 saturated heterocycles. The summed E-state index contributed by atoms with van der Waals surface area (Å²) in [5, 5.41) is 3.51. The average Bonchev–Trinajstić information content (AvgIpc) is 2.48. The summed E-state index contributed by atoms with van der Waals surface area (Å²) in [7, 11) is 0. The molecule has 0 radical (unpaired) electrons. The van der Waals surface area contributed by atoms with Gasteiger partial charge in [-0.05, 0) is 24.6 Å². The standard InChI is InChI=1S/C12H16BrNO/c1-7(2)14-11-6-15-12-8(3)4-9(13)5-10(11)12/h4-5,7,11,14H,6H2,1-3H3. The first-order chi connectivity index (χ1) is 7.08. The molecule has 1 aliphatic heterocycles. The van der Waals surface area contributed by atoms with E-state index in [1.165, 1.54) is 11.1 Å². The van der Waals surface area contributed by atoms with Crippen molar-refractivity contribution in [2.45, 2.75) is 32.9 Å². The van der Waals surface area contributed by atoms with Crippen LogP contribution in [0.3, 0.4) is 0 Å². The van der Waals surface area contributed by atoms with Crippen LogP contribution >= 0.6 is 15.9 Å². The van der Waals surface area contributed by atoms with E-state index in [0.717, 1.165) is 16.8 Å². The summed E-state index contributed by atoms with van der Waals surface area (Å²) in [4.78, 5) is 0. The number of aryl methyl sites for hydroxylation is 1. The molecule has 15 heavy (non-hydrogen) atoms. The Balaban J connectivity index is 2.33. The van der Waals surface area contributed by atoms with Gasteiger partial charge in [0.05, 0.1) is 6.04 Å². The van der Waals surface area contributed by atoms with Crippen LogP contribution in [0.5, 0.6) is 5.75 Å². The SMILES string of the molecule is Cc1cc(Br)cc2c1OCC2NC(C)C. The maximum absolute atomic E-state index is 5.71. The number of hydrogen-bond acceptors (Lipinski definition) is 2. The van der Waals surface area contributed by atoms with Crippen molar-refractivity contribution in [1.82, 2.24) is 5.32 Å². The zero-order valence-corrected chi connectivity index (χ0v) is 10.9. The molecular formula is C12H16BrNO. The van der Waals surface area contributed by atoms with Crippen LogP contribution in [0.4, 0.5) is 0 Å². The lowest BCUT2D eigenvalue weighted by molar-refractivity contribution is 0.302. The van der Waals surface area contributed by atoms with Crippen molar-refractivity contribution in [3.8, 4) is 5.75 Å². The molecule has 0 spiro atoms. The molecule has 0 bridgehead atoms. The van der Waals surface area contributed by atoms with Crippen LogP contribution in [-0.2, 0) is 0 Å². The first-order valence-corrected chi connectivity index (χ1v) is 6.06. The third kappa shape index (κ3) is 2.18. The first kappa shape index (κ1) is 11.0. The van der Waals surface area contributed by atoms with Gasteiger partial charge in [0.1, 0.15) is 12.4 Å². The van der Waals surface area contributed by atoms with Crippen LogP contribution in [0.1, 0.15) is 31.0 Å². The van der Waals surface area contributed by atoms with Crippen LogP contribution in [0.25, 0.3) is 0 Å². The van der Waals surface area contributed by atoms with Gasteiger partial charge < -0.3 is 10.1 Å². The summed E-state index contributed by atoms with van der Waals surface area (Å²) in [6, 6.07) is 5.05. The minimum atomic E-state index is 0.330. The largest absolute Gasteiger partial charge is 0.491 e. The van der Waals surface area contributed by atoms with Gasteiger partial charge in [-0.3, -0.25) is 0 Å². The molecule has 1 aliphatic rings. The van der Waals surface area contributed by atoms with Crippen molar-refractivity contribution in [2.75, 3.05) is 6.61 Å². The smallest absolute Gasteiger partial charge is 0.127 e. The summed E-state index contributed by atoms with van der Waals surface area (Å²) in [6.07, 6.45) is 0. The van der Waals surface area contributed by atoms with Crippen LogP contribution in [-0.4, -0.2) is 12.6 Å². The predicted molar refractivity (Wildman–Crippen MR) is 65.4 cm³/mol. The summed E-state index contributed by atoms with van der Waals surface area (Å²) < 4.78 is 6.84. The number of nitrogens with one attached hydrogen (secondary N) is 1. The third-order valence-electron chi connectivity index (χ3n) is 2.57. The Hall–Kier alpha value is -0.540. The molecule has 2 nitrogen and oxygen atoms in total. The number of benzene rings is 1. The highest BCUT2D eigenvalue weighted by molar-refractivity contribution is 9.10. The summed E-state index contributed by atoms with van der Waals surface area (Å²) in [5.74, 6) is 1.05. The minimum Gasteiger partial charge on any atom is -0.491 e. The average molecular weight is 270 g/mol. The molecule has 1 atom stereocenters. The van der Waals surface area contributed by atoms with Gasteiger partial charge in [-0.25, -0.2) is 0 Å². The lowest BCUT2D eigenvalue weighted by Gasteiger charge is -2.14. The van der Waals surface area contributed by atoms with E-state index >= 15 is 0 Å². The second-order valence-corrected chi connectivity index (χ2v) is 5.24. The second-order valence-electron chi connectivity index (χ2n) is 4.33. The molecule has 0 aliphatic carbocycles. The van der Waals surface area contributed by atoms with E-state index in [1.807, 2.05) is 0 Å². The van der Waals surface area contributed by atoms with Gasteiger partial charge in [0.15, 0.2) is 0 Å². The summed E-state index contributed by atoms with van der Waals surface area (Å²) >= 11 is 3.53. The normalized spacial score (nSPS) is 19.1.